The van der Waals surface area contributed by atoms with Crippen LogP contribution in [-0.2, 0) is 6.42 Å². The Balaban J connectivity index is 0.000000845. The van der Waals surface area contributed by atoms with Gasteiger partial charge in [-0.05, 0) is 11.6 Å². The molecule has 4 nitrogen and oxygen atoms in total. The zero-order valence-electron chi connectivity index (χ0n) is 7.23. The fourth-order valence-electron chi connectivity index (χ4n) is 1.20. The molecule has 4 heteroatoms. The lowest BCUT2D eigenvalue weighted by Crippen LogP contribution is -1.87. The second kappa shape index (κ2) is 2.41. The Labute approximate surface area is 70.2 Å². The molecule has 0 spiro atoms. The van der Waals surface area contributed by atoms with E-state index in [1.165, 1.54) is 12.1 Å². The molecule has 0 radical (unpaired) electrons. The van der Waals surface area contributed by atoms with Gasteiger partial charge < -0.3 is 0 Å². The SMILES string of the molecule is O=[N+]([O-])c1ccc2c(c1)N=CC2.[H+]. The number of hydrogen-bond acceptors (Lipinski definition) is 3. The number of non-ortho nitro benzene ring substituents is 1. The molecule has 0 atom stereocenters. The Bertz CT molecular complexity index is 376. The highest BCUT2D eigenvalue weighted by atomic mass is 16.6. The number of hydrogen-bond donors (Lipinski definition) is 0. The number of nitro groups is 1. The first kappa shape index (κ1) is 6.97. The average molecular weight is 163 g/mol. The van der Waals surface area contributed by atoms with Gasteiger partial charge in [-0.1, -0.05) is 0 Å². The van der Waals surface area contributed by atoms with Gasteiger partial charge >= 0.3 is 1.43 Å². The average Bonchev–Trinajstić information content (AvgIpc) is 2.49. The van der Waals surface area contributed by atoms with E-state index in [2.05, 4.69) is 4.99 Å². The Morgan fingerprint density at radius 1 is 1.58 bits per heavy atom. The second-order valence-electron chi connectivity index (χ2n) is 2.59. The molecule has 12 heavy (non-hydrogen) atoms. The van der Waals surface area contributed by atoms with E-state index in [4.69, 9.17) is 0 Å². The van der Waals surface area contributed by atoms with Crippen molar-refractivity contribution in [1.29, 1.82) is 0 Å². The minimum absolute atomic E-state index is 0. The third-order valence-electron chi connectivity index (χ3n) is 1.82. The molecule has 1 aromatic carbocycles. The predicted octanol–water partition coefficient (Wildman–Crippen LogP) is 1.97. The first-order valence-corrected chi connectivity index (χ1v) is 3.57. The van der Waals surface area contributed by atoms with Crippen molar-refractivity contribution in [2.45, 2.75) is 6.42 Å². The van der Waals surface area contributed by atoms with Crippen molar-refractivity contribution in [2.75, 3.05) is 0 Å². The van der Waals surface area contributed by atoms with E-state index in [-0.39, 0.29) is 7.11 Å². The molecule has 1 aliphatic heterocycles. The fraction of sp³-hybridized carbons (Fsp3) is 0.125. The molecular formula is C8H7N2O2+. The van der Waals surface area contributed by atoms with Gasteiger partial charge in [0.25, 0.3) is 5.69 Å². The molecule has 2 rings (SSSR count). The van der Waals surface area contributed by atoms with Crippen LogP contribution in [-0.4, -0.2) is 11.1 Å². The molecule has 1 heterocycles. The van der Waals surface area contributed by atoms with Gasteiger partial charge in [-0.25, -0.2) is 0 Å². The van der Waals surface area contributed by atoms with Gasteiger partial charge in [-0.15, -0.1) is 0 Å². The number of benzene rings is 1. The van der Waals surface area contributed by atoms with E-state index < -0.39 is 4.92 Å². The normalized spacial score (nSPS) is 13.0. The van der Waals surface area contributed by atoms with Crippen LogP contribution in [0, 0.1) is 10.1 Å². The number of aliphatic imine (C=N–C) groups is 1. The number of nitro benzene ring substituents is 1. The lowest BCUT2D eigenvalue weighted by atomic mass is 10.1. The summed E-state index contributed by atoms with van der Waals surface area (Å²) in [4.78, 5) is 14.0. The summed E-state index contributed by atoms with van der Waals surface area (Å²) in [5, 5.41) is 10.4. The number of fused-ring (bicyclic) bond motifs is 1. The van der Waals surface area contributed by atoms with Crippen molar-refractivity contribution in [3.63, 3.8) is 0 Å². The van der Waals surface area contributed by atoms with Gasteiger partial charge in [0.15, 0.2) is 0 Å². The number of rotatable bonds is 1. The molecule has 1 aliphatic rings. The van der Waals surface area contributed by atoms with Crippen LogP contribution in [0.2, 0.25) is 0 Å². The molecule has 0 aliphatic carbocycles. The van der Waals surface area contributed by atoms with E-state index >= 15 is 0 Å². The van der Waals surface area contributed by atoms with Crippen molar-refractivity contribution in [1.82, 2.24) is 0 Å². The maximum atomic E-state index is 10.4. The molecule has 0 fully saturated rings. The molecule has 0 bridgehead atoms. The summed E-state index contributed by atoms with van der Waals surface area (Å²) in [5.74, 6) is 0. The third kappa shape index (κ3) is 0.972. The van der Waals surface area contributed by atoms with Crippen LogP contribution in [0.3, 0.4) is 0 Å². The van der Waals surface area contributed by atoms with Crippen molar-refractivity contribution in [3.05, 3.63) is 33.9 Å². The van der Waals surface area contributed by atoms with Crippen molar-refractivity contribution >= 4 is 17.6 Å². The monoisotopic (exact) mass is 163 g/mol. The Morgan fingerprint density at radius 2 is 2.42 bits per heavy atom. The lowest BCUT2D eigenvalue weighted by Gasteiger charge is -1.95. The van der Waals surface area contributed by atoms with Gasteiger partial charge in [-0.3, -0.25) is 15.1 Å². The largest absolute Gasteiger partial charge is 1.00 e. The summed E-state index contributed by atoms with van der Waals surface area (Å²) >= 11 is 0. The standard InChI is InChI=1S/C8H6N2O2/c11-10(12)7-2-1-6-3-4-9-8(6)5-7/h1-2,4-5H,3H2/p+1. The Hall–Kier alpha value is -1.71. The van der Waals surface area contributed by atoms with E-state index in [9.17, 15) is 10.1 Å². The van der Waals surface area contributed by atoms with Gasteiger partial charge in [0, 0.05) is 24.8 Å². The Kier molecular flexibility index (Phi) is 1.40. The summed E-state index contributed by atoms with van der Waals surface area (Å²) in [6.07, 6.45) is 2.54. The maximum Gasteiger partial charge on any atom is 1.00 e. The van der Waals surface area contributed by atoms with Crippen LogP contribution in [0.25, 0.3) is 0 Å². The molecule has 0 saturated carbocycles. The zero-order valence-corrected chi connectivity index (χ0v) is 6.23. The first-order valence-electron chi connectivity index (χ1n) is 3.57. The van der Waals surface area contributed by atoms with E-state index in [1.807, 2.05) is 0 Å². The zero-order chi connectivity index (χ0) is 8.55. The van der Waals surface area contributed by atoms with Gasteiger partial charge in [-0.2, -0.15) is 0 Å². The Morgan fingerprint density at radius 3 is 3.17 bits per heavy atom. The van der Waals surface area contributed by atoms with Crippen LogP contribution in [0.4, 0.5) is 11.4 Å². The molecule has 0 amide bonds. The molecule has 0 aromatic heterocycles. The molecule has 1 aromatic rings. The second-order valence-corrected chi connectivity index (χ2v) is 2.59. The highest BCUT2D eigenvalue weighted by Gasteiger charge is 2.11. The highest BCUT2D eigenvalue weighted by molar-refractivity contribution is 5.76. The van der Waals surface area contributed by atoms with E-state index in [1.54, 1.807) is 12.3 Å². The number of nitrogens with zero attached hydrogens (tertiary/aromatic N) is 2. The quantitative estimate of drug-likeness (QED) is 0.469. The van der Waals surface area contributed by atoms with Crippen LogP contribution >= 0.6 is 0 Å². The maximum absolute atomic E-state index is 10.4. The van der Waals surface area contributed by atoms with E-state index in [0.717, 1.165) is 17.7 Å². The van der Waals surface area contributed by atoms with Gasteiger partial charge in [0.1, 0.15) is 0 Å². The summed E-state index contributed by atoms with van der Waals surface area (Å²) in [7, 11) is 0. The smallest absolute Gasteiger partial charge is 0.260 e. The topological polar surface area (TPSA) is 55.5 Å². The molecular weight excluding hydrogens is 156 g/mol. The first-order chi connectivity index (χ1) is 5.77. The summed E-state index contributed by atoms with van der Waals surface area (Å²) in [5.41, 5.74) is 1.89. The molecule has 60 valence electrons. The highest BCUT2D eigenvalue weighted by Crippen LogP contribution is 2.28. The molecule has 0 saturated heterocycles. The predicted molar refractivity (Wildman–Crippen MR) is 46.1 cm³/mol. The third-order valence-corrected chi connectivity index (χ3v) is 1.82. The van der Waals surface area contributed by atoms with Gasteiger partial charge in [0.2, 0.25) is 0 Å². The minimum atomic E-state index is -0.409. The summed E-state index contributed by atoms with van der Waals surface area (Å²) < 4.78 is 0. The minimum Gasteiger partial charge on any atom is -0.260 e. The van der Waals surface area contributed by atoms with Gasteiger partial charge in [0.05, 0.1) is 10.6 Å². The fourth-order valence-corrected chi connectivity index (χ4v) is 1.20. The summed E-state index contributed by atoms with van der Waals surface area (Å²) in [6.45, 7) is 0. The summed E-state index contributed by atoms with van der Waals surface area (Å²) in [6, 6.07) is 4.76. The van der Waals surface area contributed by atoms with Crippen LogP contribution in [0.15, 0.2) is 23.2 Å². The van der Waals surface area contributed by atoms with Crippen molar-refractivity contribution in [3.8, 4) is 0 Å². The van der Waals surface area contributed by atoms with Crippen molar-refractivity contribution < 1.29 is 6.35 Å². The van der Waals surface area contributed by atoms with Crippen LogP contribution < -0.4 is 0 Å². The molecule has 0 N–H and O–H groups in total. The van der Waals surface area contributed by atoms with Crippen LogP contribution in [0.1, 0.15) is 6.99 Å². The van der Waals surface area contributed by atoms with E-state index in [0.29, 0.717) is 0 Å². The van der Waals surface area contributed by atoms with Crippen molar-refractivity contribution in [2.24, 2.45) is 4.99 Å². The lowest BCUT2D eigenvalue weighted by molar-refractivity contribution is -0.384. The van der Waals surface area contributed by atoms with Crippen LogP contribution in [0.5, 0.6) is 0 Å². The molecule has 0 unspecified atom stereocenters.